The first-order valence-corrected chi connectivity index (χ1v) is 8.68. The first-order chi connectivity index (χ1) is 10.9. The number of aliphatic carboxylic acids is 2. The van der Waals surface area contributed by atoms with Crippen molar-refractivity contribution in [2.45, 2.75) is 43.4 Å². The number of nitrogens with zero attached hydrogens (tertiary/aromatic N) is 1. The summed E-state index contributed by atoms with van der Waals surface area (Å²) in [4.78, 5) is 24.4. The van der Waals surface area contributed by atoms with Crippen molar-refractivity contribution in [2.75, 3.05) is 19.6 Å². The van der Waals surface area contributed by atoms with Gasteiger partial charge < -0.3 is 19.9 Å². The first kappa shape index (κ1) is 19.4. The number of piperidine rings is 1. The Labute approximate surface area is 140 Å². The molecule has 0 radical (unpaired) electrons. The Hall–Kier alpha value is -1.60. The fourth-order valence-electron chi connectivity index (χ4n) is 2.48. The number of carbonyl (C=O) groups excluding carboxylic acids is 1. The summed E-state index contributed by atoms with van der Waals surface area (Å²) >= 11 is 1.97. The molecule has 0 aliphatic carbocycles. The average Bonchev–Trinajstić information content (AvgIpc) is 2.50. The molecule has 0 unspecified atom stereocenters. The van der Waals surface area contributed by atoms with Crippen molar-refractivity contribution in [3.8, 4) is 0 Å². The van der Waals surface area contributed by atoms with Crippen LogP contribution in [-0.2, 0) is 9.59 Å². The molecule has 1 aliphatic heterocycles. The van der Waals surface area contributed by atoms with Crippen molar-refractivity contribution in [1.29, 1.82) is 0 Å². The maximum atomic E-state index is 9.04. The number of thioether (sulfide) groups is 1. The highest BCUT2D eigenvalue weighted by molar-refractivity contribution is 7.99. The van der Waals surface area contributed by atoms with Crippen LogP contribution in [0.3, 0.4) is 0 Å². The third kappa shape index (κ3) is 7.99. The van der Waals surface area contributed by atoms with Gasteiger partial charge in [-0.2, -0.15) is 0 Å². The van der Waals surface area contributed by atoms with Gasteiger partial charge in [0.2, 0.25) is 0 Å². The number of likely N-dealkylation sites (tertiary alicyclic amines) is 1. The predicted molar refractivity (Wildman–Crippen MR) is 86.4 cm³/mol. The van der Waals surface area contributed by atoms with Gasteiger partial charge in [-0.05, 0) is 25.5 Å². The van der Waals surface area contributed by atoms with Crippen molar-refractivity contribution in [3.63, 3.8) is 0 Å². The van der Waals surface area contributed by atoms with Crippen molar-refractivity contribution in [1.82, 2.24) is 4.98 Å². The summed E-state index contributed by atoms with van der Waals surface area (Å²) in [5.41, 5.74) is 1.13. The zero-order valence-corrected chi connectivity index (χ0v) is 14.4. The number of aryl methyl sites for hydroxylation is 1. The molecule has 0 bridgehead atoms. The summed E-state index contributed by atoms with van der Waals surface area (Å²) in [6.45, 7) is 8.39. The zero-order valence-electron chi connectivity index (χ0n) is 13.6. The van der Waals surface area contributed by atoms with Crippen LogP contribution in [0.5, 0.6) is 0 Å². The molecule has 0 spiro atoms. The van der Waals surface area contributed by atoms with Gasteiger partial charge in [0.15, 0.2) is 5.97 Å². The maximum absolute atomic E-state index is 9.04. The van der Waals surface area contributed by atoms with E-state index in [4.69, 9.17) is 19.8 Å². The van der Waals surface area contributed by atoms with Crippen LogP contribution in [0.25, 0.3) is 0 Å². The molecule has 1 saturated heterocycles. The Morgan fingerprint density at radius 2 is 2.00 bits per heavy atom. The molecule has 0 atom stereocenters. The number of aromatic nitrogens is 1. The van der Waals surface area contributed by atoms with Crippen molar-refractivity contribution in [2.24, 2.45) is 0 Å². The monoisotopic (exact) mass is 340 g/mol. The summed E-state index contributed by atoms with van der Waals surface area (Å²) in [6.07, 6.45) is 4.00. The van der Waals surface area contributed by atoms with E-state index in [1.807, 2.05) is 11.8 Å². The molecule has 1 aromatic rings. The number of hydrogen-bond acceptors (Lipinski definition) is 5. The fourth-order valence-corrected chi connectivity index (χ4v) is 3.64. The molecule has 0 saturated carbocycles. The third-order valence-corrected chi connectivity index (χ3v) is 4.84. The smallest absolute Gasteiger partial charge is 0.351 e. The number of pyridine rings is 1. The van der Waals surface area contributed by atoms with Gasteiger partial charge in [0.05, 0.1) is 24.7 Å². The van der Waals surface area contributed by atoms with Crippen LogP contribution in [0.15, 0.2) is 23.2 Å². The molecule has 0 aromatic carbocycles. The lowest BCUT2D eigenvalue weighted by atomic mass is 10.1. The van der Waals surface area contributed by atoms with Gasteiger partial charge in [-0.15, -0.1) is 11.8 Å². The van der Waals surface area contributed by atoms with E-state index in [2.05, 4.69) is 37.0 Å². The van der Waals surface area contributed by atoms with E-state index in [0.717, 1.165) is 10.9 Å². The van der Waals surface area contributed by atoms with Crippen LogP contribution in [0, 0.1) is 6.92 Å². The number of carboxylic acid groups (broad SMARTS) is 2. The fraction of sp³-hybridized carbons (Fsp3) is 0.562. The lowest BCUT2D eigenvalue weighted by Crippen LogP contribution is -3.13. The molecule has 2 rings (SSSR count). The summed E-state index contributed by atoms with van der Waals surface area (Å²) in [6, 6.07) is 6.32. The highest BCUT2D eigenvalue weighted by Gasteiger charge is 2.22. The minimum absolute atomic E-state index is 0.782. The summed E-state index contributed by atoms with van der Waals surface area (Å²) in [5, 5.41) is 18.3. The quantitative estimate of drug-likeness (QED) is 0.735. The number of rotatable bonds is 4. The third-order valence-electron chi connectivity index (χ3n) is 3.57. The molecule has 6 nitrogen and oxygen atoms in total. The Balaban J connectivity index is 0.000000379. The molecule has 1 fully saturated rings. The van der Waals surface area contributed by atoms with Crippen molar-refractivity contribution >= 4 is 23.7 Å². The summed E-state index contributed by atoms with van der Waals surface area (Å²) in [7, 11) is 0. The topological polar surface area (TPSA) is 94.8 Å². The average molecular weight is 340 g/mol. The Morgan fingerprint density at radius 3 is 2.48 bits per heavy atom. The lowest BCUT2D eigenvalue weighted by Gasteiger charge is -2.28. The highest BCUT2D eigenvalue weighted by Crippen LogP contribution is 2.26. The van der Waals surface area contributed by atoms with Gasteiger partial charge in [0.1, 0.15) is 0 Å². The molecule has 0 amide bonds. The Bertz CT molecular complexity index is 505. The van der Waals surface area contributed by atoms with Crippen molar-refractivity contribution in [3.05, 3.63) is 23.9 Å². The standard InChI is InChI=1S/C14H22N2S.C2H2O4/c1-3-9-16-10-7-13(8-11-16)17-14-6-4-5-12(2)15-14;3-1(4)2(5)6/h4-6,13H,3,7-11H2,1-2H3;(H,3,4)(H,5,6). The molecule has 23 heavy (non-hydrogen) atoms. The van der Waals surface area contributed by atoms with E-state index in [1.54, 1.807) is 4.90 Å². The van der Waals surface area contributed by atoms with Crippen LogP contribution >= 0.6 is 11.8 Å². The lowest BCUT2D eigenvalue weighted by molar-refractivity contribution is -0.904. The van der Waals surface area contributed by atoms with Gasteiger partial charge in [-0.25, -0.2) is 9.78 Å². The molecule has 1 aromatic heterocycles. The normalized spacial score (nSPS) is 20.3. The second-order valence-electron chi connectivity index (χ2n) is 5.53. The molecule has 1 aliphatic rings. The van der Waals surface area contributed by atoms with Crippen LogP contribution < -0.4 is 10.0 Å². The van der Waals surface area contributed by atoms with Crippen LogP contribution in [0.2, 0.25) is 0 Å². The van der Waals surface area contributed by atoms with Crippen LogP contribution in [0.1, 0.15) is 31.9 Å². The minimum atomic E-state index is -2.07. The largest absolute Gasteiger partial charge is 0.539 e. The molecule has 128 valence electrons. The van der Waals surface area contributed by atoms with E-state index < -0.39 is 11.9 Å². The second-order valence-corrected chi connectivity index (χ2v) is 6.85. The van der Waals surface area contributed by atoms with E-state index in [0.29, 0.717) is 0 Å². The second kappa shape index (κ2) is 10.2. The van der Waals surface area contributed by atoms with Gasteiger partial charge in [-0.1, -0.05) is 13.0 Å². The van der Waals surface area contributed by atoms with Gasteiger partial charge in [-0.3, -0.25) is 0 Å². The van der Waals surface area contributed by atoms with Gasteiger partial charge in [0, 0.05) is 23.8 Å². The predicted octanol–water partition coefficient (Wildman–Crippen LogP) is -0.240. The number of quaternary nitrogens is 1. The van der Waals surface area contributed by atoms with E-state index >= 15 is 0 Å². The van der Waals surface area contributed by atoms with Crippen LogP contribution in [0.4, 0.5) is 0 Å². The molecule has 2 N–H and O–H groups in total. The maximum Gasteiger partial charge on any atom is 0.351 e. The zero-order chi connectivity index (χ0) is 17.2. The number of carbonyl (C=O) groups is 2. The van der Waals surface area contributed by atoms with Crippen molar-refractivity contribution < 1.29 is 24.7 Å². The summed E-state index contributed by atoms with van der Waals surface area (Å²) in [5.74, 6) is -4.01. The van der Waals surface area contributed by atoms with E-state index in [-0.39, 0.29) is 0 Å². The number of carboxylic acids is 2. The molecular weight excluding hydrogens is 316 g/mol. The highest BCUT2D eigenvalue weighted by atomic mass is 32.2. The molecule has 7 heteroatoms. The SMILES string of the molecule is CCC[NH+]1CCC(Sc2cccc(C)n2)CC1.O=C([O-])C(=O)O. The van der Waals surface area contributed by atoms with Crippen LogP contribution in [-0.4, -0.2) is 46.9 Å². The van der Waals surface area contributed by atoms with Gasteiger partial charge in [0.25, 0.3) is 0 Å². The molecular formula is C16H24N2O4S. The number of nitrogens with one attached hydrogen (secondary N) is 1. The Kier molecular flexibility index (Phi) is 8.65. The number of hydrogen-bond donors (Lipinski definition) is 2. The Morgan fingerprint density at radius 1 is 1.39 bits per heavy atom. The van der Waals surface area contributed by atoms with Gasteiger partial charge >= 0.3 is 5.97 Å². The van der Waals surface area contributed by atoms with E-state index in [9.17, 15) is 0 Å². The molecule has 2 heterocycles. The van der Waals surface area contributed by atoms with E-state index in [1.165, 1.54) is 43.9 Å². The first-order valence-electron chi connectivity index (χ1n) is 7.80. The minimum Gasteiger partial charge on any atom is -0.539 e. The summed E-state index contributed by atoms with van der Waals surface area (Å²) < 4.78 is 0.